The van der Waals surface area contributed by atoms with Gasteiger partial charge in [-0.3, -0.25) is 14.5 Å². The molecule has 1 aliphatic heterocycles. The number of nitrogens with zero attached hydrogens (tertiary/aromatic N) is 1. The molecule has 2 atom stereocenters. The van der Waals surface area contributed by atoms with E-state index < -0.39 is 23.4 Å². The molecular formula is C20H19Cl2N3O3. The number of nitrogens with one attached hydrogen (secondary N) is 2. The third-order valence-electron chi connectivity index (χ3n) is 4.75. The van der Waals surface area contributed by atoms with Gasteiger partial charge in [0, 0.05) is 0 Å². The van der Waals surface area contributed by atoms with Crippen LogP contribution in [0.2, 0.25) is 10.0 Å². The largest absolute Gasteiger partial charge is 0.348 e. The Balaban J connectivity index is 1.69. The van der Waals surface area contributed by atoms with E-state index in [4.69, 9.17) is 23.2 Å². The number of imide groups is 1. The Kier molecular flexibility index (Phi) is 5.63. The Hall–Kier alpha value is -2.57. The highest BCUT2D eigenvalue weighted by atomic mass is 35.5. The first-order valence-corrected chi connectivity index (χ1v) is 9.42. The van der Waals surface area contributed by atoms with E-state index in [1.54, 1.807) is 56.3 Å². The fraction of sp³-hybridized carbons (Fsp3) is 0.250. The summed E-state index contributed by atoms with van der Waals surface area (Å²) < 4.78 is 0. The van der Waals surface area contributed by atoms with Crippen molar-refractivity contribution >= 4 is 41.0 Å². The van der Waals surface area contributed by atoms with Crippen molar-refractivity contribution in [1.82, 2.24) is 15.5 Å². The third-order valence-corrected chi connectivity index (χ3v) is 5.49. The zero-order valence-electron chi connectivity index (χ0n) is 15.3. The Labute approximate surface area is 172 Å². The number of urea groups is 1. The van der Waals surface area contributed by atoms with Gasteiger partial charge in [-0.2, -0.15) is 0 Å². The van der Waals surface area contributed by atoms with Crippen LogP contribution in [0.5, 0.6) is 0 Å². The Morgan fingerprint density at radius 1 is 1.14 bits per heavy atom. The molecule has 0 aliphatic carbocycles. The van der Waals surface area contributed by atoms with Gasteiger partial charge in [0.15, 0.2) is 0 Å². The van der Waals surface area contributed by atoms with E-state index in [-0.39, 0.29) is 12.6 Å². The molecule has 28 heavy (non-hydrogen) atoms. The van der Waals surface area contributed by atoms with E-state index in [1.807, 2.05) is 6.07 Å². The van der Waals surface area contributed by atoms with E-state index in [1.165, 1.54) is 0 Å². The number of halogens is 2. The molecule has 8 heteroatoms. The number of hydrogen-bond donors (Lipinski definition) is 2. The molecule has 0 spiro atoms. The maximum atomic E-state index is 12.8. The molecule has 0 radical (unpaired) electrons. The molecule has 2 aromatic rings. The lowest BCUT2D eigenvalue weighted by molar-refractivity contribution is -0.135. The molecule has 1 heterocycles. The number of rotatable bonds is 5. The van der Waals surface area contributed by atoms with Crippen molar-refractivity contribution in [3.8, 4) is 0 Å². The van der Waals surface area contributed by atoms with Crippen molar-refractivity contribution in [3.05, 3.63) is 69.7 Å². The fourth-order valence-corrected chi connectivity index (χ4v) is 3.41. The average Bonchev–Trinajstić information content (AvgIpc) is 2.88. The lowest BCUT2D eigenvalue weighted by atomic mass is 9.92. The highest BCUT2D eigenvalue weighted by Gasteiger charge is 2.49. The zero-order chi connectivity index (χ0) is 20.5. The van der Waals surface area contributed by atoms with E-state index in [0.717, 1.165) is 10.5 Å². The first kappa shape index (κ1) is 20.2. The molecule has 4 amide bonds. The topological polar surface area (TPSA) is 78.5 Å². The molecule has 2 unspecified atom stereocenters. The fourth-order valence-electron chi connectivity index (χ4n) is 3.10. The monoisotopic (exact) mass is 419 g/mol. The van der Waals surface area contributed by atoms with E-state index in [0.29, 0.717) is 15.6 Å². The molecule has 2 aromatic carbocycles. The second-order valence-corrected chi connectivity index (χ2v) is 7.59. The number of carbonyl (C=O) groups excluding carboxylic acids is 3. The summed E-state index contributed by atoms with van der Waals surface area (Å²) in [6.07, 6.45) is 0. The summed E-state index contributed by atoms with van der Waals surface area (Å²) in [4.78, 5) is 38.5. The quantitative estimate of drug-likeness (QED) is 0.726. The van der Waals surface area contributed by atoms with Gasteiger partial charge in [0.05, 0.1) is 16.1 Å². The summed E-state index contributed by atoms with van der Waals surface area (Å²) in [5.74, 6) is -0.930. The van der Waals surface area contributed by atoms with Crippen LogP contribution in [0.3, 0.4) is 0 Å². The lowest BCUT2D eigenvalue weighted by Gasteiger charge is -2.22. The minimum absolute atomic E-state index is 0.372. The van der Waals surface area contributed by atoms with Crippen LogP contribution in [0.25, 0.3) is 0 Å². The molecule has 1 aliphatic rings. The van der Waals surface area contributed by atoms with Crippen LogP contribution in [0.4, 0.5) is 4.79 Å². The summed E-state index contributed by atoms with van der Waals surface area (Å²) >= 11 is 11.9. The molecule has 1 saturated heterocycles. The minimum Gasteiger partial charge on any atom is -0.348 e. The summed E-state index contributed by atoms with van der Waals surface area (Å²) in [6.45, 7) is 3.02. The molecule has 6 nitrogen and oxygen atoms in total. The van der Waals surface area contributed by atoms with Crippen LogP contribution in [0, 0.1) is 0 Å². The molecule has 0 aromatic heterocycles. The zero-order valence-corrected chi connectivity index (χ0v) is 16.8. The highest BCUT2D eigenvalue weighted by Crippen LogP contribution is 2.29. The summed E-state index contributed by atoms with van der Waals surface area (Å²) in [7, 11) is 0. The molecular weight excluding hydrogens is 401 g/mol. The maximum Gasteiger partial charge on any atom is 0.325 e. The molecule has 2 N–H and O–H groups in total. The van der Waals surface area contributed by atoms with Gasteiger partial charge in [0.1, 0.15) is 12.1 Å². The highest BCUT2D eigenvalue weighted by molar-refractivity contribution is 6.42. The van der Waals surface area contributed by atoms with Crippen LogP contribution in [-0.4, -0.2) is 29.3 Å². The summed E-state index contributed by atoms with van der Waals surface area (Å²) in [5.41, 5.74) is 0.211. The standard InChI is InChI=1S/C20H19Cl2N3O3/c1-12(13-8-9-15(21)16(22)10-13)23-17(26)11-25-18(27)20(2,24-19(25)28)14-6-4-3-5-7-14/h3-10,12H,11H2,1-2H3,(H,23,26)(H,24,28). The first-order valence-electron chi connectivity index (χ1n) is 8.66. The Morgan fingerprint density at radius 2 is 1.82 bits per heavy atom. The van der Waals surface area contributed by atoms with Gasteiger partial charge in [0.2, 0.25) is 5.91 Å². The van der Waals surface area contributed by atoms with Crippen molar-refractivity contribution in [1.29, 1.82) is 0 Å². The van der Waals surface area contributed by atoms with E-state index >= 15 is 0 Å². The predicted molar refractivity (Wildman–Crippen MR) is 107 cm³/mol. The second kappa shape index (κ2) is 7.81. The van der Waals surface area contributed by atoms with Gasteiger partial charge >= 0.3 is 6.03 Å². The first-order chi connectivity index (χ1) is 13.2. The summed E-state index contributed by atoms with van der Waals surface area (Å²) in [5, 5.41) is 6.24. The second-order valence-electron chi connectivity index (χ2n) is 6.78. The number of hydrogen-bond acceptors (Lipinski definition) is 3. The van der Waals surface area contributed by atoms with Crippen molar-refractivity contribution in [2.75, 3.05) is 6.54 Å². The van der Waals surface area contributed by atoms with Crippen molar-refractivity contribution in [2.24, 2.45) is 0 Å². The van der Waals surface area contributed by atoms with Gasteiger partial charge in [-0.15, -0.1) is 0 Å². The third kappa shape index (κ3) is 3.84. The normalized spacial score (nSPS) is 20.1. The Morgan fingerprint density at radius 3 is 2.46 bits per heavy atom. The van der Waals surface area contributed by atoms with Crippen LogP contribution < -0.4 is 10.6 Å². The van der Waals surface area contributed by atoms with E-state index in [2.05, 4.69) is 10.6 Å². The predicted octanol–water partition coefficient (Wildman–Crippen LogP) is 3.64. The van der Waals surface area contributed by atoms with Gasteiger partial charge in [-0.25, -0.2) is 4.79 Å². The van der Waals surface area contributed by atoms with Gasteiger partial charge in [-0.05, 0) is 37.1 Å². The van der Waals surface area contributed by atoms with Crippen LogP contribution in [0.1, 0.15) is 31.0 Å². The number of benzene rings is 2. The smallest absolute Gasteiger partial charge is 0.325 e. The van der Waals surface area contributed by atoms with Crippen LogP contribution in [0.15, 0.2) is 48.5 Å². The van der Waals surface area contributed by atoms with Gasteiger partial charge in [-0.1, -0.05) is 59.6 Å². The number of amides is 4. The van der Waals surface area contributed by atoms with Crippen molar-refractivity contribution in [3.63, 3.8) is 0 Å². The lowest BCUT2D eigenvalue weighted by Crippen LogP contribution is -2.43. The summed E-state index contributed by atoms with van der Waals surface area (Å²) in [6, 6.07) is 13.0. The Bertz CT molecular complexity index is 936. The van der Waals surface area contributed by atoms with Crippen molar-refractivity contribution < 1.29 is 14.4 Å². The SMILES string of the molecule is CC(NC(=O)CN1C(=O)NC(C)(c2ccccc2)C1=O)c1ccc(Cl)c(Cl)c1. The molecule has 146 valence electrons. The van der Waals surface area contributed by atoms with Crippen LogP contribution in [-0.2, 0) is 15.1 Å². The molecule has 3 rings (SSSR count). The average molecular weight is 420 g/mol. The molecule has 0 bridgehead atoms. The van der Waals surface area contributed by atoms with Gasteiger partial charge in [0.25, 0.3) is 5.91 Å². The molecule has 1 fully saturated rings. The van der Waals surface area contributed by atoms with Gasteiger partial charge < -0.3 is 10.6 Å². The number of carbonyl (C=O) groups is 3. The minimum atomic E-state index is -1.20. The van der Waals surface area contributed by atoms with Crippen LogP contribution >= 0.6 is 23.2 Å². The van der Waals surface area contributed by atoms with E-state index in [9.17, 15) is 14.4 Å². The van der Waals surface area contributed by atoms with Crippen molar-refractivity contribution in [2.45, 2.75) is 25.4 Å². The molecule has 0 saturated carbocycles. The maximum absolute atomic E-state index is 12.8.